The molecule has 0 amide bonds. The maximum atomic E-state index is 5.98. The van der Waals surface area contributed by atoms with Crippen LogP contribution in [0.5, 0.6) is 5.75 Å². The molecule has 0 aliphatic rings. The second-order valence-electron chi connectivity index (χ2n) is 6.92. The molecule has 0 aliphatic heterocycles. The number of aromatic nitrogens is 2. The first-order valence-corrected chi connectivity index (χ1v) is 9.80. The third-order valence-electron chi connectivity index (χ3n) is 4.75. The Hall–Kier alpha value is -3.60. The van der Waals surface area contributed by atoms with Crippen LogP contribution in [0.2, 0.25) is 0 Å². The molecule has 0 fully saturated rings. The maximum absolute atomic E-state index is 5.98. The van der Waals surface area contributed by atoms with E-state index in [9.17, 15) is 0 Å². The summed E-state index contributed by atoms with van der Waals surface area (Å²) in [4.78, 5) is 9.25. The van der Waals surface area contributed by atoms with Gasteiger partial charge in [-0.1, -0.05) is 37.6 Å². The molecule has 0 radical (unpaired) electrons. The van der Waals surface area contributed by atoms with Crippen LogP contribution >= 0.6 is 0 Å². The van der Waals surface area contributed by atoms with E-state index in [0.29, 0.717) is 18.4 Å². The third kappa shape index (κ3) is 3.47. The van der Waals surface area contributed by atoms with Gasteiger partial charge in [0.05, 0.1) is 6.61 Å². The number of benzene rings is 3. The van der Waals surface area contributed by atoms with E-state index in [4.69, 9.17) is 13.6 Å². The Bertz CT molecular complexity index is 1130. The van der Waals surface area contributed by atoms with Gasteiger partial charge in [0.2, 0.25) is 11.8 Å². The Kier molecular flexibility index (Phi) is 4.48. The number of ether oxygens (including phenoxy) is 1. The number of fused-ring (bicyclic) bond motifs is 2. The molecule has 2 aromatic heterocycles. The van der Waals surface area contributed by atoms with Crippen LogP contribution in [0.15, 0.2) is 75.6 Å². The number of para-hydroxylation sites is 4. The quantitative estimate of drug-likeness (QED) is 0.313. The summed E-state index contributed by atoms with van der Waals surface area (Å²) >= 11 is 0. The molecule has 0 saturated carbocycles. The molecular formula is C24H20N2O3. The highest BCUT2D eigenvalue weighted by Crippen LogP contribution is 2.33. The zero-order chi connectivity index (χ0) is 19.6. The van der Waals surface area contributed by atoms with E-state index >= 15 is 0 Å². The molecule has 0 N–H and O–H groups in total. The van der Waals surface area contributed by atoms with Crippen LogP contribution in [0.4, 0.5) is 0 Å². The van der Waals surface area contributed by atoms with E-state index in [0.717, 1.165) is 51.9 Å². The van der Waals surface area contributed by atoms with E-state index in [1.54, 1.807) is 0 Å². The minimum atomic E-state index is 0.546. The van der Waals surface area contributed by atoms with Crippen molar-refractivity contribution < 1.29 is 13.6 Å². The van der Waals surface area contributed by atoms with Crippen molar-refractivity contribution in [2.75, 3.05) is 6.61 Å². The van der Waals surface area contributed by atoms with Crippen LogP contribution in [0.1, 0.15) is 19.8 Å². The number of rotatable bonds is 6. The molecule has 2 heterocycles. The molecule has 3 aromatic carbocycles. The summed E-state index contributed by atoms with van der Waals surface area (Å²) in [6.45, 7) is 2.79. The van der Waals surface area contributed by atoms with E-state index in [1.165, 1.54) is 0 Å². The lowest BCUT2D eigenvalue weighted by Gasteiger charge is -2.08. The van der Waals surface area contributed by atoms with Gasteiger partial charge in [-0.05, 0) is 48.9 Å². The summed E-state index contributed by atoms with van der Waals surface area (Å²) in [5.74, 6) is 1.84. The van der Waals surface area contributed by atoms with Gasteiger partial charge in [-0.15, -0.1) is 0 Å². The van der Waals surface area contributed by atoms with Gasteiger partial charge in [0, 0.05) is 11.1 Å². The van der Waals surface area contributed by atoms with Crippen molar-refractivity contribution in [3.05, 3.63) is 66.7 Å². The first kappa shape index (κ1) is 17.5. The van der Waals surface area contributed by atoms with Crippen LogP contribution in [-0.4, -0.2) is 16.6 Å². The number of hydrogen-bond acceptors (Lipinski definition) is 5. The van der Waals surface area contributed by atoms with Crippen LogP contribution in [0.3, 0.4) is 0 Å². The second-order valence-corrected chi connectivity index (χ2v) is 6.92. The average molecular weight is 384 g/mol. The normalized spacial score (nSPS) is 11.3. The lowest BCUT2D eigenvalue weighted by Crippen LogP contribution is -1.97. The van der Waals surface area contributed by atoms with Crippen molar-refractivity contribution in [2.24, 2.45) is 0 Å². The smallest absolute Gasteiger partial charge is 0.227 e. The predicted octanol–water partition coefficient (Wildman–Crippen LogP) is 6.48. The predicted molar refractivity (Wildman–Crippen MR) is 113 cm³/mol. The first-order chi connectivity index (χ1) is 14.3. The van der Waals surface area contributed by atoms with Crippen molar-refractivity contribution in [1.82, 2.24) is 9.97 Å². The van der Waals surface area contributed by atoms with E-state index in [1.807, 2.05) is 66.7 Å². The Labute approximate surface area is 168 Å². The highest BCUT2D eigenvalue weighted by Gasteiger charge is 2.15. The second kappa shape index (κ2) is 7.43. The van der Waals surface area contributed by atoms with Crippen molar-refractivity contribution in [1.29, 1.82) is 0 Å². The minimum Gasteiger partial charge on any atom is -0.494 e. The van der Waals surface area contributed by atoms with Crippen LogP contribution in [-0.2, 0) is 0 Å². The Balaban J connectivity index is 1.61. The van der Waals surface area contributed by atoms with Gasteiger partial charge in [0.1, 0.15) is 16.8 Å². The standard InChI is InChI=1S/C24H20N2O3/c1-2-3-12-27-18-14-16(23-25-19-8-4-6-10-21(19)28-23)13-17(15-18)24-26-20-9-5-7-11-22(20)29-24/h4-11,13-15H,2-3,12H2,1H3. The van der Waals surface area contributed by atoms with Crippen molar-refractivity contribution in [3.8, 4) is 28.7 Å². The van der Waals surface area contributed by atoms with Gasteiger partial charge in [0.15, 0.2) is 11.2 Å². The highest BCUT2D eigenvalue weighted by atomic mass is 16.5. The topological polar surface area (TPSA) is 61.3 Å². The molecule has 144 valence electrons. The molecule has 0 aliphatic carbocycles. The summed E-state index contributed by atoms with van der Waals surface area (Å²) in [7, 11) is 0. The molecule has 0 saturated heterocycles. The molecule has 5 rings (SSSR count). The molecule has 0 spiro atoms. The van der Waals surface area contributed by atoms with Gasteiger partial charge >= 0.3 is 0 Å². The summed E-state index contributed by atoms with van der Waals surface area (Å²) in [5, 5.41) is 0. The SMILES string of the molecule is CCCCOc1cc(-c2nc3ccccc3o2)cc(-c2nc3ccccc3o2)c1. The molecule has 5 nitrogen and oxygen atoms in total. The summed E-state index contributed by atoms with van der Waals surface area (Å²) in [6.07, 6.45) is 2.06. The zero-order valence-corrected chi connectivity index (χ0v) is 16.1. The number of nitrogens with zero attached hydrogens (tertiary/aromatic N) is 2. The zero-order valence-electron chi connectivity index (χ0n) is 16.1. The fourth-order valence-corrected chi connectivity index (χ4v) is 3.26. The lowest BCUT2D eigenvalue weighted by molar-refractivity contribution is 0.309. The minimum absolute atomic E-state index is 0.546. The molecule has 29 heavy (non-hydrogen) atoms. The van der Waals surface area contributed by atoms with Crippen LogP contribution in [0.25, 0.3) is 45.1 Å². The van der Waals surface area contributed by atoms with Crippen molar-refractivity contribution >= 4 is 22.2 Å². The third-order valence-corrected chi connectivity index (χ3v) is 4.75. The molecule has 0 unspecified atom stereocenters. The van der Waals surface area contributed by atoms with Gasteiger partial charge in [0.25, 0.3) is 0 Å². The molecular weight excluding hydrogens is 364 g/mol. The fourth-order valence-electron chi connectivity index (χ4n) is 3.26. The van der Waals surface area contributed by atoms with Crippen LogP contribution in [0, 0.1) is 0 Å². The van der Waals surface area contributed by atoms with Gasteiger partial charge in [-0.3, -0.25) is 0 Å². The van der Waals surface area contributed by atoms with Gasteiger partial charge in [-0.25, -0.2) is 9.97 Å². The number of hydrogen-bond donors (Lipinski definition) is 0. The van der Waals surface area contributed by atoms with Crippen LogP contribution < -0.4 is 4.74 Å². The van der Waals surface area contributed by atoms with Gasteiger partial charge in [-0.2, -0.15) is 0 Å². The number of oxazole rings is 2. The van der Waals surface area contributed by atoms with Crippen molar-refractivity contribution in [3.63, 3.8) is 0 Å². The molecule has 0 atom stereocenters. The summed E-state index contributed by atoms with van der Waals surface area (Å²) in [5.41, 5.74) is 4.80. The molecule has 5 heteroatoms. The number of unbranched alkanes of at least 4 members (excludes halogenated alkanes) is 1. The monoisotopic (exact) mass is 384 g/mol. The van der Waals surface area contributed by atoms with Gasteiger partial charge < -0.3 is 13.6 Å². The highest BCUT2D eigenvalue weighted by molar-refractivity contribution is 5.79. The van der Waals surface area contributed by atoms with E-state index in [2.05, 4.69) is 16.9 Å². The molecule has 5 aromatic rings. The largest absolute Gasteiger partial charge is 0.494 e. The van der Waals surface area contributed by atoms with E-state index < -0.39 is 0 Å². The Morgan fingerprint density at radius 2 is 1.31 bits per heavy atom. The lowest BCUT2D eigenvalue weighted by atomic mass is 10.1. The average Bonchev–Trinajstić information content (AvgIpc) is 3.38. The Morgan fingerprint density at radius 1 is 0.759 bits per heavy atom. The van der Waals surface area contributed by atoms with Crippen molar-refractivity contribution in [2.45, 2.75) is 19.8 Å². The molecule has 0 bridgehead atoms. The first-order valence-electron chi connectivity index (χ1n) is 9.80. The summed E-state index contributed by atoms with van der Waals surface area (Å²) < 4.78 is 17.9. The summed E-state index contributed by atoms with van der Waals surface area (Å²) in [6, 6.07) is 21.3. The Morgan fingerprint density at radius 3 is 1.83 bits per heavy atom. The fraction of sp³-hybridized carbons (Fsp3) is 0.167. The van der Waals surface area contributed by atoms with E-state index in [-0.39, 0.29) is 0 Å². The maximum Gasteiger partial charge on any atom is 0.227 e.